The van der Waals surface area contributed by atoms with Gasteiger partial charge in [-0.1, -0.05) is 12.1 Å². The van der Waals surface area contributed by atoms with Gasteiger partial charge in [0.2, 0.25) is 5.91 Å². The largest absolute Gasteiger partial charge is 0.497 e. The second kappa shape index (κ2) is 6.01. The van der Waals surface area contributed by atoms with Crippen LogP contribution in [0.25, 0.3) is 0 Å². The molecule has 0 aromatic heterocycles. The number of carbonyl (C=O) groups excluding carboxylic acids is 1. The predicted molar refractivity (Wildman–Crippen MR) is 96.7 cm³/mol. The van der Waals surface area contributed by atoms with Crippen molar-refractivity contribution < 1.29 is 9.53 Å². The van der Waals surface area contributed by atoms with Crippen LogP contribution in [0.4, 0.5) is 0 Å². The molecule has 4 nitrogen and oxygen atoms in total. The summed E-state index contributed by atoms with van der Waals surface area (Å²) in [5, 5.41) is 0. The molecule has 5 aliphatic rings. The minimum absolute atomic E-state index is 0.419. The number of fused-ring (bicyclic) bond motifs is 2. The maximum atomic E-state index is 13.0. The molecule has 3 atom stereocenters. The zero-order chi connectivity index (χ0) is 17.0. The first-order valence-electron chi connectivity index (χ1n) is 9.92. The van der Waals surface area contributed by atoms with Gasteiger partial charge < -0.3 is 9.64 Å². The van der Waals surface area contributed by atoms with E-state index in [-0.39, 0.29) is 0 Å². The van der Waals surface area contributed by atoms with Crippen molar-refractivity contribution in [1.82, 2.24) is 9.80 Å². The lowest BCUT2D eigenvalue weighted by molar-refractivity contribution is -0.136. The predicted octanol–water partition coefficient (Wildman–Crippen LogP) is 2.88. The first-order valence-corrected chi connectivity index (χ1v) is 9.92. The fourth-order valence-corrected chi connectivity index (χ4v) is 5.53. The van der Waals surface area contributed by atoms with Gasteiger partial charge in [-0.25, -0.2) is 0 Å². The number of methoxy groups -OCH3 is 1. The zero-order valence-electron chi connectivity index (χ0n) is 15.1. The van der Waals surface area contributed by atoms with Crippen molar-refractivity contribution in [3.63, 3.8) is 0 Å². The number of rotatable bonds is 4. The quantitative estimate of drug-likeness (QED) is 0.845. The first kappa shape index (κ1) is 15.7. The standard InChI is InChI=1S/C21H28N2O2/c1-25-17-6-4-15(5-7-17)18-13-23(19(24)12-14-2-3-14)20-16-8-10-22(11-9-16)21(18)20/h4-7,14,16,18,20-21H,2-3,8-13H2,1H3/t18-,20+,21+/m0/s1. The van der Waals surface area contributed by atoms with E-state index in [0.29, 0.717) is 35.7 Å². The molecule has 1 saturated carbocycles. The number of carbonyl (C=O) groups is 1. The Kier molecular flexibility index (Phi) is 3.77. The zero-order valence-corrected chi connectivity index (χ0v) is 15.1. The third kappa shape index (κ3) is 2.66. The lowest BCUT2D eigenvalue weighted by Gasteiger charge is -2.51. The van der Waals surface area contributed by atoms with Gasteiger partial charge >= 0.3 is 0 Å². The number of ether oxygens (including phenoxy) is 1. The second-order valence-corrected chi connectivity index (χ2v) is 8.43. The van der Waals surface area contributed by atoms with Crippen molar-refractivity contribution in [2.75, 3.05) is 26.7 Å². The SMILES string of the molecule is COc1ccc([C@@H]2CN(C(=O)CC3CC3)[C@@H]3C4CCN(CC4)[C@@H]32)cc1. The van der Waals surface area contributed by atoms with E-state index in [4.69, 9.17) is 4.74 Å². The summed E-state index contributed by atoms with van der Waals surface area (Å²) in [6.45, 7) is 3.33. The molecule has 1 aromatic rings. The van der Waals surface area contributed by atoms with Crippen LogP contribution in [0.1, 0.15) is 43.6 Å². The van der Waals surface area contributed by atoms with E-state index in [0.717, 1.165) is 18.7 Å². The molecule has 134 valence electrons. The van der Waals surface area contributed by atoms with E-state index < -0.39 is 0 Å². The summed E-state index contributed by atoms with van der Waals surface area (Å²) in [4.78, 5) is 17.9. The Morgan fingerprint density at radius 1 is 1.08 bits per heavy atom. The summed E-state index contributed by atoms with van der Waals surface area (Å²) in [5.74, 6) is 3.16. The summed E-state index contributed by atoms with van der Waals surface area (Å²) in [6.07, 6.45) is 5.83. The lowest BCUT2D eigenvalue weighted by Crippen LogP contribution is -2.60. The Morgan fingerprint density at radius 2 is 1.80 bits per heavy atom. The summed E-state index contributed by atoms with van der Waals surface area (Å²) in [6, 6.07) is 9.51. The lowest BCUT2D eigenvalue weighted by atomic mass is 9.75. The Bertz CT molecular complexity index is 646. The highest BCUT2D eigenvalue weighted by atomic mass is 16.5. The number of piperidine rings is 3. The maximum absolute atomic E-state index is 13.0. The number of likely N-dealkylation sites (tertiary alicyclic amines) is 1. The number of hydrogen-bond donors (Lipinski definition) is 0. The van der Waals surface area contributed by atoms with Gasteiger partial charge in [-0.15, -0.1) is 0 Å². The van der Waals surface area contributed by atoms with Gasteiger partial charge in [0.25, 0.3) is 0 Å². The van der Waals surface area contributed by atoms with E-state index in [1.54, 1.807) is 7.11 Å². The Hall–Kier alpha value is -1.55. The number of amides is 1. The average molecular weight is 340 g/mol. The molecule has 4 aliphatic heterocycles. The van der Waals surface area contributed by atoms with Crippen LogP contribution >= 0.6 is 0 Å². The molecule has 2 bridgehead atoms. The van der Waals surface area contributed by atoms with E-state index >= 15 is 0 Å². The fourth-order valence-electron chi connectivity index (χ4n) is 5.53. The molecule has 0 unspecified atom stereocenters. The van der Waals surface area contributed by atoms with Crippen LogP contribution in [0.5, 0.6) is 5.75 Å². The first-order chi connectivity index (χ1) is 12.2. The summed E-state index contributed by atoms with van der Waals surface area (Å²) in [7, 11) is 1.71. The van der Waals surface area contributed by atoms with E-state index in [9.17, 15) is 4.79 Å². The highest BCUT2D eigenvalue weighted by Crippen LogP contribution is 2.47. The van der Waals surface area contributed by atoms with Crippen LogP contribution in [0.3, 0.4) is 0 Å². The molecule has 4 heteroatoms. The minimum atomic E-state index is 0.419. The molecule has 4 saturated heterocycles. The molecule has 1 amide bonds. The monoisotopic (exact) mass is 340 g/mol. The molecule has 4 heterocycles. The molecular weight excluding hydrogens is 312 g/mol. The minimum Gasteiger partial charge on any atom is -0.497 e. The van der Waals surface area contributed by atoms with Crippen molar-refractivity contribution in [2.24, 2.45) is 11.8 Å². The van der Waals surface area contributed by atoms with Crippen molar-refractivity contribution in [3.05, 3.63) is 29.8 Å². The van der Waals surface area contributed by atoms with Crippen LogP contribution in [-0.2, 0) is 4.79 Å². The van der Waals surface area contributed by atoms with Gasteiger partial charge in [0.05, 0.1) is 13.2 Å². The van der Waals surface area contributed by atoms with Crippen molar-refractivity contribution in [2.45, 2.75) is 50.1 Å². The Balaban J connectivity index is 1.45. The molecule has 25 heavy (non-hydrogen) atoms. The molecule has 6 rings (SSSR count). The molecular formula is C21H28N2O2. The molecule has 1 aromatic carbocycles. The van der Waals surface area contributed by atoms with Crippen LogP contribution in [0, 0.1) is 11.8 Å². The smallest absolute Gasteiger partial charge is 0.223 e. The van der Waals surface area contributed by atoms with Gasteiger partial charge in [-0.2, -0.15) is 0 Å². The Labute approximate surface area is 150 Å². The molecule has 0 spiro atoms. The number of hydrogen-bond acceptors (Lipinski definition) is 3. The van der Waals surface area contributed by atoms with Crippen LogP contribution in [-0.4, -0.2) is 54.5 Å². The van der Waals surface area contributed by atoms with Crippen LogP contribution in [0.2, 0.25) is 0 Å². The molecule has 1 aliphatic carbocycles. The molecule has 0 N–H and O–H groups in total. The summed E-state index contributed by atoms with van der Waals surface area (Å²) >= 11 is 0. The molecule has 0 radical (unpaired) electrons. The topological polar surface area (TPSA) is 32.8 Å². The summed E-state index contributed by atoms with van der Waals surface area (Å²) < 4.78 is 5.32. The van der Waals surface area contributed by atoms with Crippen LogP contribution in [0.15, 0.2) is 24.3 Å². The van der Waals surface area contributed by atoms with Gasteiger partial charge in [0.15, 0.2) is 0 Å². The molecule has 5 fully saturated rings. The number of nitrogens with zero attached hydrogens (tertiary/aromatic N) is 2. The number of benzene rings is 1. The third-order valence-electron chi connectivity index (χ3n) is 7.02. The van der Waals surface area contributed by atoms with E-state index in [1.165, 1.54) is 44.3 Å². The van der Waals surface area contributed by atoms with Gasteiger partial charge in [-0.05, 0) is 68.3 Å². The van der Waals surface area contributed by atoms with E-state index in [2.05, 4.69) is 34.1 Å². The highest BCUT2D eigenvalue weighted by molar-refractivity contribution is 5.78. The van der Waals surface area contributed by atoms with Crippen molar-refractivity contribution in [3.8, 4) is 5.75 Å². The maximum Gasteiger partial charge on any atom is 0.223 e. The van der Waals surface area contributed by atoms with Gasteiger partial charge in [-0.3, -0.25) is 9.69 Å². The van der Waals surface area contributed by atoms with E-state index in [1.807, 2.05) is 0 Å². The third-order valence-corrected chi connectivity index (χ3v) is 7.02. The van der Waals surface area contributed by atoms with Crippen molar-refractivity contribution in [1.29, 1.82) is 0 Å². The fraction of sp³-hybridized carbons (Fsp3) is 0.667. The van der Waals surface area contributed by atoms with Gasteiger partial charge in [0.1, 0.15) is 5.75 Å². The van der Waals surface area contributed by atoms with Crippen molar-refractivity contribution >= 4 is 5.91 Å². The normalized spacial score (nSPS) is 36.4. The average Bonchev–Trinajstić information content (AvgIpc) is 3.37. The Morgan fingerprint density at radius 3 is 2.44 bits per heavy atom. The second-order valence-electron chi connectivity index (χ2n) is 8.43. The van der Waals surface area contributed by atoms with Crippen LogP contribution < -0.4 is 4.74 Å². The summed E-state index contributed by atoms with van der Waals surface area (Å²) in [5.41, 5.74) is 1.37. The highest BCUT2D eigenvalue weighted by Gasteiger charge is 2.54. The van der Waals surface area contributed by atoms with Gasteiger partial charge in [0, 0.05) is 24.9 Å².